The van der Waals surface area contributed by atoms with Crippen LogP contribution in [0.25, 0.3) is 5.69 Å². The van der Waals surface area contributed by atoms with E-state index in [1.54, 1.807) is 6.07 Å². The number of alkyl halides is 3. The summed E-state index contributed by atoms with van der Waals surface area (Å²) in [4.78, 5) is 3.78. The lowest BCUT2D eigenvalue weighted by atomic mass is 10.0. The molecule has 0 saturated heterocycles. The smallest absolute Gasteiger partial charge is 0.327 e. The van der Waals surface area contributed by atoms with Gasteiger partial charge >= 0.3 is 6.18 Å². The summed E-state index contributed by atoms with van der Waals surface area (Å²) in [7, 11) is 0. The summed E-state index contributed by atoms with van der Waals surface area (Å²) >= 11 is 0. The van der Waals surface area contributed by atoms with E-state index < -0.39 is 11.7 Å². The maximum atomic E-state index is 13.2. The zero-order valence-corrected chi connectivity index (χ0v) is 11.1. The van der Waals surface area contributed by atoms with Crippen molar-refractivity contribution in [2.24, 2.45) is 5.73 Å². The van der Waals surface area contributed by atoms with Gasteiger partial charge in [0.25, 0.3) is 0 Å². The van der Waals surface area contributed by atoms with Crippen molar-refractivity contribution in [2.45, 2.75) is 32.0 Å². The monoisotopic (exact) mass is 283 g/mol. The third kappa shape index (κ3) is 3.19. The first-order chi connectivity index (χ1) is 9.41. The molecule has 20 heavy (non-hydrogen) atoms. The molecule has 0 spiro atoms. The van der Waals surface area contributed by atoms with E-state index in [4.69, 9.17) is 5.73 Å². The van der Waals surface area contributed by atoms with E-state index >= 15 is 0 Å². The molecule has 0 radical (unpaired) electrons. The minimum atomic E-state index is -4.41. The Morgan fingerprint density at radius 2 is 2.10 bits per heavy atom. The number of imidazole rings is 1. The Morgan fingerprint density at radius 3 is 2.65 bits per heavy atom. The molecule has 0 amide bonds. The summed E-state index contributed by atoms with van der Waals surface area (Å²) < 4.78 is 40.9. The van der Waals surface area contributed by atoms with Crippen molar-refractivity contribution in [1.82, 2.24) is 9.55 Å². The molecule has 0 fully saturated rings. The van der Waals surface area contributed by atoms with Crippen LogP contribution in [0.4, 0.5) is 13.2 Å². The zero-order chi connectivity index (χ0) is 14.8. The highest BCUT2D eigenvalue weighted by atomic mass is 19.4. The topological polar surface area (TPSA) is 43.8 Å². The summed E-state index contributed by atoms with van der Waals surface area (Å²) in [5, 5.41) is 0. The van der Waals surface area contributed by atoms with Gasteiger partial charge in [0.1, 0.15) is 0 Å². The molecule has 3 nitrogen and oxygen atoms in total. The van der Waals surface area contributed by atoms with Crippen molar-refractivity contribution < 1.29 is 13.2 Å². The molecule has 0 saturated carbocycles. The number of rotatable bonds is 4. The van der Waals surface area contributed by atoms with Crippen LogP contribution in [-0.2, 0) is 12.6 Å². The largest absolute Gasteiger partial charge is 0.418 e. The van der Waals surface area contributed by atoms with Crippen molar-refractivity contribution >= 4 is 0 Å². The quantitative estimate of drug-likeness (QED) is 0.936. The highest BCUT2D eigenvalue weighted by molar-refractivity contribution is 5.45. The normalized spacial score (nSPS) is 13.4. The SMILES string of the molecule is CCC(N)Cc1ccc(-n2ccnc2)c(C(F)(F)F)c1. The highest BCUT2D eigenvalue weighted by Crippen LogP contribution is 2.34. The summed E-state index contributed by atoms with van der Waals surface area (Å²) in [6.45, 7) is 1.91. The van der Waals surface area contributed by atoms with Crippen LogP contribution >= 0.6 is 0 Å². The van der Waals surface area contributed by atoms with Crippen LogP contribution in [0.15, 0.2) is 36.9 Å². The molecule has 1 unspecified atom stereocenters. The summed E-state index contributed by atoms with van der Waals surface area (Å²) in [6, 6.07) is 4.18. The van der Waals surface area contributed by atoms with Gasteiger partial charge in [-0.1, -0.05) is 13.0 Å². The first-order valence-electron chi connectivity index (χ1n) is 6.36. The van der Waals surface area contributed by atoms with Gasteiger partial charge in [0.2, 0.25) is 0 Å². The van der Waals surface area contributed by atoms with Gasteiger partial charge in [-0.05, 0) is 30.5 Å². The molecular formula is C14H16F3N3. The molecule has 0 aliphatic heterocycles. The van der Waals surface area contributed by atoms with Crippen molar-refractivity contribution in [3.05, 3.63) is 48.0 Å². The molecular weight excluding hydrogens is 267 g/mol. The van der Waals surface area contributed by atoms with E-state index in [9.17, 15) is 13.2 Å². The Morgan fingerprint density at radius 1 is 1.35 bits per heavy atom. The average molecular weight is 283 g/mol. The molecule has 1 aromatic carbocycles. The van der Waals surface area contributed by atoms with Gasteiger partial charge in [0.15, 0.2) is 0 Å². The molecule has 1 heterocycles. The van der Waals surface area contributed by atoms with E-state index in [-0.39, 0.29) is 11.7 Å². The molecule has 1 aromatic heterocycles. The number of benzene rings is 1. The minimum absolute atomic E-state index is 0.0730. The first-order valence-corrected chi connectivity index (χ1v) is 6.36. The lowest BCUT2D eigenvalue weighted by Gasteiger charge is -2.16. The number of nitrogens with two attached hydrogens (primary N) is 1. The molecule has 0 aliphatic rings. The molecule has 2 aromatic rings. The average Bonchev–Trinajstić information content (AvgIpc) is 2.91. The summed E-state index contributed by atoms with van der Waals surface area (Å²) in [5.41, 5.74) is 5.80. The maximum absolute atomic E-state index is 13.2. The standard InChI is InChI=1S/C14H16F3N3/c1-2-11(18)7-10-3-4-13(20-6-5-19-9-20)12(8-10)14(15,16)17/h3-6,8-9,11H,2,7,18H2,1H3. The van der Waals surface area contributed by atoms with Gasteiger partial charge in [-0.2, -0.15) is 13.2 Å². The van der Waals surface area contributed by atoms with E-state index in [1.807, 2.05) is 6.92 Å². The summed E-state index contributed by atoms with van der Waals surface area (Å²) in [6.07, 6.45) is 1.03. The van der Waals surface area contributed by atoms with Gasteiger partial charge in [-0.3, -0.25) is 0 Å². The molecule has 108 valence electrons. The number of halogens is 3. The van der Waals surface area contributed by atoms with Crippen LogP contribution in [0.1, 0.15) is 24.5 Å². The number of hydrogen-bond donors (Lipinski definition) is 1. The second kappa shape index (κ2) is 5.66. The molecule has 1 atom stereocenters. The van der Waals surface area contributed by atoms with Crippen LogP contribution < -0.4 is 5.73 Å². The van der Waals surface area contributed by atoms with Crippen molar-refractivity contribution in [3.63, 3.8) is 0 Å². The van der Waals surface area contributed by atoms with Gasteiger partial charge in [-0.25, -0.2) is 4.98 Å². The lowest BCUT2D eigenvalue weighted by Crippen LogP contribution is -2.22. The van der Waals surface area contributed by atoms with Crippen molar-refractivity contribution in [2.75, 3.05) is 0 Å². The van der Waals surface area contributed by atoms with Gasteiger partial charge < -0.3 is 10.3 Å². The number of nitrogens with zero attached hydrogens (tertiary/aromatic N) is 2. The zero-order valence-electron chi connectivity index (χ0n) is 11.1. The highest BCUT2D eigenvalue weighted by Gasteiger charge is 2.34. The van der Waals surface area contributed by atoms with Crippen molar-refractivity contribution in [3.8, 4) is 5.69 Å². The Hall–Kier alpha value is -1.82. The van der Waals surface area contributed by atoms with Gasteiger partial charge in [-0.15, -0.1) is 0 Å². The fourth-order valence-corrected chi connectivity index (χ4v) is 2.01. The molecule has 6 heteroatoms. The Balaban J connectivity index is 2.44. The van der Waals surface area contributed by atoms with Gasteiger partial charge in [0.05, 0.1) is 17.6 Å². The van der Waals surface area contributed by atoms with Crippen molar-refractivity contribution in [1.29, 1.82) is 0 Å². The van der Waals surface area contributed by atoms with E-state index in [0.29, 0.717) is 12.0 Å². The van der Waals surface area contributed by atoms with Crippen LogP contribution in [0.3, 0.4) is 0 Å². The van der Waals surface area contributed by atoms with Crippen LogP contribution in [0.5, 0.6) is 0 Å². The molecule has 2 N–H and O–H groups in total. The van der Waals surface area contributed by atoms with E-state index in [1.165, 1.54) is 35.4 Å². The summed E-state index contributed by atoms with van der Waals surface area (Å²) in [5.74, 6) is 0. The fourth-order valence-electron chi connectivity index (χ4n) is 2.01. The maximum Gasteiger partial charge on any atom is 0.418 e. The Bertz CT molecular complexity index is 562. The fraction of sp³-hybridized carbons (Fsp3) is 0.357. The second-order valence-corrected chi connectivity index (χ2v) is 4.69. The molecule has 0 aliphatic carbocycles. The predicted octanol–water partition coefficient (Wildman–Crippen LogP) is 3.17. The number of hydrogen-bond acceptors (Lipinski definition) is 2. The predicted molar refractivity (Wildman–Crippen MR) is 70.5 cm³/mol. The van der Waals surface area contributed by atoms with E-state index in [2.05, 4.69) is 4.98 Å². The van der Waals surface area contributed by atoms with Crippen LogP contribution in [0.2, 0.25) is 0 Å². The van der Waals surface area contributed by atoms with Gasteiger partial charge in [0, 0.05) is 18.4 Å². The van der Waals surface area contributed by atoms with E-state index in [0.717, 1.165) is 6.42 Å². The molecule has 0 bridgehead atoms. The Kier molecular flexibility index (Phi) is 4.13. The second-order valence-electron chi connectivity index (χ2n) is 4.69. The lowest BCUT2D eigenvalue weighted by molar-refractivity contribution is -0.137. The third-order valence-electron chi connectivity index (χ3n) is 3.17. The van der Waals surface area contributed by atoms with Crippen LogP contribution in [0, 0.1) is 0 Å². The molecule has 2 rings (SSSR count). The third-order valence-corrected chi connectivity index (χ3v) is 3.17. The first kappa shape index (κ1) is 14.6. The number of aromatic nitrogens is 2. The van der Waals surface area contributed by atoms with Crippen LogP contribution in [-0.4, -0.2) is 15.6 Å². The minimum Gasteiger partial charge on any atom is -0.327 e. The Labute approximate surface area is 115 Å².